The van der Waals surface area contributed by atoms with Crippen molar-refractivity contribution in [2.45, 2.75) is 33.2 Å². The Bertz CT molecular complexity index is 1850. The van der Waals surface area contributed by atoms with E-state index in [-0.39, 0.29) is 49.5 Å². The molecule has 15 heteroatoms. The molecule has 0 aliphatic carbocycles. The van der Waals surface area contributed by atoms with Crippen molar-refractivity contribution in [3.8, 4) is 16.9 Å². The SMILES string of the molecule is CCn1ncc(-c2cc(C(F)(F)F)nc3sc(C(N)=O)c(NC(=O)c4ccc(COc5cccc(Cl)c5Cl)o4)c23)c1C. The number of carbonyl (C=O) groups excluding carboxylic acids is 2. The number of alkyl halides is 3. The topological polar surface area (TPSA) is 125 Å². The van der Waals surface area contributed by atoms with E-state index < -0.39 is 23.7 Å². The van der Waals surface area contributed by atoms with Gasteiger partial charge in [0.1, 0.15) is 38.5 Å². The van der Waals surface area contributed by atoms with Crippen LogP contribution in [0.25, 0.3) is 21.3 Å². The van der Waals surface area contributed by atoms with Crippen LogP contribution in [0.3, 0.4) is 0 Å². The number of aromatic nitrogens is 3. The van der Waals surface area contributed by atoms with Crippen LogP contribution in [0.4, 0.5) is 18.9 Å². The Hall–Kier alpha value is -4.07. The van der Waals surface area contributed by atoms with Crippen LogP contribution in [0.2, 0.25) is 10.0 Å². The second kappa shape index (κ2) is 11.3. The van der Waals surface area contributed by atoms with E-state index in [9.17, 15) is 22.8 Å². The monoisotopic (exact) mass is 637 g/mol. The van der Waals surface area contributed by atoms with Crippen molar-refractivity contribution in [1.82, 2.24) is 14.8 Å². The summed E-state index contributed by atoms with van der Waals surface area (Å²) in [6.07, 6.45) is -3.36. The van der Waals surface area contributed by atoms with Crippen molar-refractivity contribution in [3.05, 3.63) is 80.4 Å². The Morgan fingerprint density at radius 1 is 1.19 bits per heavy atom. The lowest BCUT2D eigenvalue weighted by Crippen LogP contribution is -2.16. The summed E-state index contributed by atoms with van der Waals surface area (Å²) in [6, 6.07) is 8.61. The average molecular weight is 638 g/mol. The number of benzene rings is 1. The highest BCUT2D eigenvalue weighted by molar-refractivity contribution is 7.21. The molecule has 2 amide bonds. The van der Waals surface area contributed by atoms with Gasteiger partial charge in [-0.25, -0.2) is 4.98 Å². The van der Waals surface area contributed by atoms with Crippen LogP contribution in [-0.4, -0.2) is 26.6 Å². The minimum atomic E-state index is -4.78. The molecule has 0 fully saturated rings. The quantitative estimate of drug-likeness (QED) is 0.183. The standard InChI is InChI=1S/C27H20Cl2F3N5O4S/c1-3-37-12(2)15(10-34-37)14-9-19(27(30,31)32)35-26-20(14)22(23(42-26)24(33)38)36-25(39)18-8-7-13(41-18)11-40-17-6-4-5-16(28)21(17)29/h4-10H,3,11H2,1-2H3,(H2,33,38)(H,36,39). The number of fused-ring (bicyclic) bond motifs is 1. The molecule has 42 heavy (non-hydrogen) atoms. The summed E-state index contributed by atoms with van der Waals surface area (Å²) in [5, 5.41) is 7.46. The summed E-state index contributed by atoms with van der Waals surface area (Å²) < 4.78 is 54.3. The zero-order chi connectivity index (χ0) is 30.3. The first kappa shape index (κ1) is 29.4. The van der Waals surface area contributed by atoms with Crippen molar-refractivity contribution >= 4 is 62.3 Å². The predicted octanol–water partition coefficient (Wildman–Crippen LogP) is 7.34. The first-order chi connectivity index (χ1) is 19.9. The third-order valence-electron chi connectivity index (χ3n) is 6.28. The van der Waals surface area contributed by atoms with Crippen LogP contribution >= 0.6 is 34.5 Å². The molecule has 9 nitrogen and oxygen atoms in total. The van der Waals surface area contributed by atoms with Crippen LogP contribution in [0.1, 0.15) is 44.3 Å². The summed E-state index contributed by atoms with van der Waals surface area (Å²) >= 11 is 12.8. The lowest BCUT2D eigenvalue weighted by atomic mass is 10.0. The zero-order valence-corrected chi connectivity index (χ0v) is 24.1. The van der Waals surface area contributed by atoms with Crippen LogP contribution in [0.5, 0.6) is 5.75 Å². The number of pyridine rings is 1. The van der Waals surface area contributed by atoms with E-state index in [1.165, 1.54) is 18.3 Å². The van der Waals surface area contributed by atoms with Gasteiger partial charge < -0.3 is 20.2 Å². The van der Waals surface area contributed by atoms with Crippen molar-refractivity contribution in [2.75, 3.05) is 5.32 Å². The second-order valence-electron chi connectivity index (χ2n) is 8.92. The Balaban J connectivity index is 1.54. The molecule has 0 atom stereocenters. The highest BCUT2D eigenvalue weighted by atomic mass is 35.5. The predicted molar refractivity (Wildman–Crippen MR) is 152 cm³/mol. The number of halogens is 5. The van der Waals surface area contributed by atoms with E-state index in [4.69, 9.17) is 38.1 Å². The molecule has 218 valence electrons. The molecule has 5 aromatic rings. The van der Waals surface area contributed by atoms with Gasteiger partial charge in [-0.3, -0.25) is 14.3 Å². The third-order valence-corrected chi connectivity index (χ3v) is 8.18. The van der Waals surface area contributed by atoms with E-state index in [1.54, 1.807) is 29.8 Å². The minimum Gasteiger partial charge on any atom is -0.484 e. The number of aryl methyl sites for hydroxylation is 1. The van der Waals surface area contributed by atoms with Crippen molar-refractivity contribution in [2.24, 2.45) is 5.73 Å². The van der Waals surface area contributed by atoms with Gasteiger partial charge in [0.25, 0.3) is 11.8 Å². The highest BCUT2D eigenvalue weighted by Crippen LogP contribution is 2.44. The van der Waals surface area contributed by atoms with Gasteiger partial charge in [0.05, 0.1) is 16.9 Å². The van der Waals surface area contributed by atoms with Gasteiger partial charge in [-0.2, -0.15) is 18.3 Å². The van der Waals surface area contributed by atoms with E-state index in [0.717, 1.165) is 6.07 Å². The maximum atomic E-state index is 13.8. The molecular weight excluding hydrogens is 618 g/mol. The van der Waals surface area contributed by atoms with Gasteiger partial charge in [-0.05, 0) is 49.7 Å². The van der Waals surface area contributed by atoms with Crippen LogP contribution < -0.4 is 15.8 Å². The number of furan rings is 1. The number of rotatable bonds is 8. The molecular formula is C27H20Cl2F3N5O4S. The molecule has 0 unspecified atom stereocenters. The largest absolute Gasteiger partial charge is 0.484 e. The first-order valence-corrected chi connectivity index (χ1v) is 13.8. The molecule has 0 saturated heterocycles. The Kier molecular flexibility index (Phi) is 7.92. The Morgan fingerprint density at radius 2 is 1.95 bits per heavy atom. The Morgan fingerprint density at radius 3 is 2.62 bits per heavy atom. The summed E-state index contributed by atoms with van der Waals surface area (Å²) in [6.45, 7) is 3.92. The number of ether oxygens (including phenoxy) is 1. The zero-order valence-electron chi connectivity index (χ0n) is 21.8. The van der Waals surface area contributed by atoms with Gasteiger partial charge in [0.2, 0.25) is 0 Å². The summed E-state index contributed by atoms with van der Waals surface area (Å²) in [7, 11) is 0. The van der Waals surface area contributed by atoms with Gasteiger partial charge in [-0.1, -0.05) is 29.3 Å². The van der Waals surface area contributed by atoms with Crippen LogP contribution in [0, 0.1) is 6.92 Å². The lowest BCUT2D eigenvalue weighted by molar-refractivity contribution is -0.140. The van der Waals surface area contributed by atoms with Gasteiger partial charge in [0.15, 0.2) is 5.76 Å². The van der Waals surface area contributed by atoms with Crippen molar-refractivity contribution in [1.29, 1.82) is 0 Å². The second-order valence-corrected chi connectivity index (χ2v) is 10.7. The first-order valence-electron chi connectivity index (χ1n) is 12.2. The highest BCUT2D eigenvalue weighted by Gasteiger charge is 2.35. The molecule has 0 spiro atoms. The average Bonchev–Trinajstić information content (AvgIpc) is 3.66. The van der Waals surface area contributed by atoms with E-state index >= 15 is 0 Å². The maximum absolute atomic E-state index is 13.8. The van der Waals surface area contributed by atoms with E-state index in [2.05, 4.69) is 15.4 Å². The number of nitrogens with zero attached hydrogens (tertiary/aromatic N) is 3. The number of thiophene rings is 1. The number of nitrogens with one attached hydrogen (secondary N) is 1. The van der Waals surface area contributed by atoms with Gasteiger partial charge in [0, 0.05) is 23.2 Å². The minimum absolute atomic E-state index is 0.0792. The summed E-state index contributed by atoms with van der Waals surface area (Å²) in [5.74, 6) is -1.32. The molecule has 0 aliphatic heterocycles. The number of anilines is 1. The number of carbonyl (C=O) groups is 2. The molecule has 3 N–H and O–H groups in total. The number of primary amides is 1. The number of hydrogen-bond donors (Lipinski definition) is 2. The van der Waals surface area contributed by atoms with Crippen LogP contribution in [0.15, 0.2) is 47.0 Å². The van der Waals surface area contributed by atoms with Crippen LogP contribution in [-0.2, 0) is 19.3 Å². The fraction of sp³-hybridized carbons (Fsp3) is 0.185. The summed E-state index contributed by atoms with van der Waals surface area (Å²) in [4.78, 5) is 29.1. The Labute approximate surface area is 250 Å². The molecule has 0 radical (unpaired) electrons. The molecule has 0 aliphatic rings. The molecule has 4 aromatic heterocycles. The summed E-state index contributed by atoms with van der Waals surface area (Å²) in [5.41, 5.74) is 5.35. The van der Waals surface area contributed by atoms with E-state index in [0.29, 0.717) is 39.9 Å². The molecule has 0 saturated carbocycles. The van der Waals surface area contributed by atoms with Gasteiger partial charge >= 0.3 is 6.18 Å². The van der Waals surface area contributed by atoms with Crippen molar-refractivity contribution in [3.63, 3.8) is 0 Å². The number of hydrogen-bond acceptors (Lipinski definition) is 7. The van der Waals surface area contributed by atoms with Crippen molar-refractivity contribution < 1.29 is 31.9 Å². The maximum Gasteiger partial charge on any atom is 0.433 e. The van der Waals surface area contributed by atoms with E-state index in [1.807, 2.05) is 6.92 Å². The molecule has 5 rings (SSSR count). The number of nitrogens with two attached hydrogens (primary N) is 1. The number of amides is 2. The normalized spacial score (nSPS) is 11.7. The smallest absolute Gasteiger partial charge is 0.433 e. The molecule has 4 heterocycles. The molecule has 1 aromatic carbocycles. The third kappa shape index (κ3) is 5.54. The fourth-order valence-corrected chi connectivity index (χ4v) is 5.63. The molecule has 0 bridgehead atoms. The fourth-order valence-electron chi connectivity index (χ4n) is 4.28. The van der Waals surface area contributed by atoms with Gasteiger partial charge in [-0.15, -0.1) is 11.3 Å². The lowest BCUT2D eigenvalue weighted by Gasteiger charge is -2.12.